The second-order valence-corrected chi connectivity index (χ2v) is 6.87. The standard InChI is InChI=1S/C14H21FN2O3S/c1-4-11(2)17(21(3,19)20)9-8-14(18)16-13-7-5-6-12(15)10-13/h5-7,10-11H,4,8-9H2,1-3H3,(H,16,18). The van der Waals surface area contributed by atoms with E-state index in [4.69, 9.17) is 0 Å². The monoisotopic (exact) mass is 316 g/mol. The van der Waals surface area contributed by atoms with Crippen molar-refractivity contribution in [2.24, 2.45) is 0 Å². The fourth-order valence-corrected chi connectivity index (χ4v) is 3.14. The summed E-state index contributed by atoms with van der Waals surface area (Å²) in [5.74, 6) is -0.789. The first-order chi connectivity index (χ1) is 9.74. The summed E-state index contributed by atoms with van der Waals surface area (Å²) >= 11 is 0. The van der Waals surface area contributed by atoms with Crippen molar-refractivity contribution in [2.75, 3.05) is 18.1 Å². The highest BCUT2D eigenvalue weighted by molar-refractivity contribution is 7.88. The van der Waals surface area contributed by atoms with Crippen LogP contribution >= 0.6 is 0 Å². The van der Waals surface area contributed by atoms with Gasteiger partial charge in [-0.05, 0) is 31.5 Å². The number of benzene rings is 1. The van der Waals surface area contributed by atoms with Gasteiger partial charge in [0.1, 0.15) is 5.82 Å². The van der Waals surface area contributed by atoms with Gasteiger partial charge >= 0.3 is 0 Å². The minimum atomic E-state index is -3.36. The third-order valence-corrected chi connectivity index (χ3v) is 4.57. The molecular formula is C14H21FN2O3S. The van der Waals surface area contributed by atoms with Crippen LogP contribution in [0.4, 0.5) is 10.1 Å². The second-order valence-electron chi connectivity index (χ2n) is 4.94. The van der Waals surface area contributed by atoms with Crippen molar-refractivity contribution in [1.82, 2.24) is 4.31 Å². The zero-order valence-electron chi connectivity index (χ0n) is 12.5. The summed E-state index contributed by atoms with van der Waals surface area (Å²) in [5, 5.41) is 2.55. The van der Waals surface area contributed by atoms with Crippen LogP contribution in [0.5, 0.6) is 0 Å². The van der Waals surface area contributed by atoms with Crippen LogP contribution in [-0.2, 0) is 14.8 Å². The number of nitrogens with one attached hydrogen (secondary N) is 1. The van der Waals surface area contributed by atoms with Crippen molar-refractivity contribution in [3.8, 4) is 0 Å². The number of carbonyl (C=O) groups excluding carboxylic acids is 1. The Morgan fingerprint density at radius 2 is 2.10 bits per heavy atom. The van der Waals surface area contributed by atoms with E-state index in [-0.39, 0.29) is 24.9 Å². The van der Waals surface area contributed by atoms with Crippen LogP contribution in [0.1, 0.15) is 26.7 Å². The molecule has 0 fully saturated rings. The third kappa shape index (κ3) is 5.81. The molecule has 1 amide bonds. The molecule has 0 bridgehead atoms. The maximum atomic E-state index is 13.0. The van der Waals surface area contributed by atoms with Crippen molar-refractivity contribution in [2.45, 2.75) is 32.7 Å². The van der Waals surface area contributed by atoms with E-state index in [0.29, 0.717) is 12.1 Å². The quantitative estimate of drug-likeness (QED) is 0.839. The Morgan fingerprint density at radius 3 is 2.62 bits per heavy atom. The molecule has 7 heteroatoms. The van der Waals surface area contributed by atoms with Crippen LogP contribution in [0.25, 0.3) is 0 Å². The van der Waals surface area contributed by atoms with Crippen LogP contribution < -0.4 is 5.32 Å². The Bertz CT molecular complexity index is 590. The molecule has 1 N–H and O–H groups in total. The average Bonchev–Trinajstić information content (AvgIpc) is 2.36. The number of anilines is 1. The number of amides is 1. The molecular weight excluding hydrogens is 295 g/mol. The lowest BCUT2D eigenvalue weighted by Crippen LogP contribution is -2.39. The lowest BCUT2D eigenvalue weighted by atomic mass is 10.2. The normalized spacial score (nSPS) is 13.2. The summed E-state index contributed by atoms with van der Waals surface area (Å²) < 4.78 is 37.7. The first kappa shape index (κ1) is 17.6. The molecule has 1 atom stereocenters. The minimum absolute atomic E-state index is 0.0217. The number of halogens is 1. The lowest BCUT2D eigenvalue weighted by Gasteiger charge is -2.25. The van der Waals surface area contributed by atoms with Crippen LogP contribution in [0.3, 0.4) is 0 Å². The summed E-state index contributed by atoms with van der Waals surface area (Å²) in [4.78, 5) is 11.8. The van der Waals surface area contributed by atoms with Gasteiger partial charge in [0, 0.05) is 24.7 Å². The van der Waals surface area contributed by atoms with Gasteiger partial charge in [-0.2, -0.15) is 4.31 Å². The van der Waals surface area contributed by atoms with Gasteiger partial charge in [0.2, 0.25) is 15.9 Å². The fraction of sp³-hybridized carbons (Fsp3) is 0.500. The van der Waals surface area contributed by atoms with Crippen LogP contribution in [-0.4, -0.2) is 37.5 Å². The van der Waals surface area contributed by atoms with Crippen molar-refractivity contribution in [3.63, 3.8) is 0 Å². The second kappa shape index (κ2) is 7.51. The van der Waals surface area contributed by atoms with E-state index in [1.165, 1.54) is 22.5 Å². The molecule has 0 aliphatic rings. The van der Waals surface area contributed by atoms with Gasteiger partial charge in [0.15, 0.2) is 0 Å². The largest absolute Gasteiger partial charge is 0.326 e. The Hall–Kier alpha value is -1.47. The molecule has 5 nitrogen and oxygen atoms in total. The van der Waals surface area contributed by atoms with E-state index in [0.717, 1.165) is 6.26 Å². The molecule has 0 aromatic heterocycles. The molecule has 0 radical (unpaired) electrons. The van der Waals surface area contributed by atoms with E-state index in [2.05, 4.69) is 5.32 Å². The Morgan fingerprint density at radius 1 is 1.43 bits per heavy atom. The first-order valence-corrected chi connectivity index (χ1v) is 8.61. The summed E-state index contributed by atoms with van der Waals surface area (Å²) in [6.07, 6.45) is 1.82. The SMILES string of the molecule is CCC(C)N(CCC(=O)Nc1cccc(F)c1)S(C)(=O)=O. The molecule has 0 saturated carbocycles. The highest BCUT2D eigenvalue weighted by atomic mass is 32.2. The van der Waals surface area contributed by atoms with Crippen LogP contribution in [0, 0.1) is 5.82 Å². The summed E-state index contributed by atoms with van der Waals surface area (Å²) in [6.45, 7) is 3.79. The molecule has 21 heavy (non-hydrogen) atoms. The number of hydrogen-bond donors (Lipinski definition) is 1. The molecule has 0 saturated heterocycles. The van der Waals surface area contributed by atoms with Crippen molar-refractivity contribution >= 4 is 21.6 Å². The molecule has 0 heterocycles. The number of rotatable bonds is 7. The van der Waals surface area contributed by atoms with Gasteiger partial charge in [0.25, 0.3) is 0 Å². The van der Waals surface area contributed by atoms with E-state index >= 15 is 0 Å². The minimum Gasteiger partial charge on any atom is -0.326 e. The van der Waals surface area contributed by atoms with E-state index in [1.54, 1.807) is 13.0 Å². The average molecular weight is 316 g/mol. The van der Waals surface area contributed by atoms with Crippen molar-refractivity contribution in [1.29, 1.82) is 0 Å². The van der Waals surface area contributed by atoms with Gasteiger partial charge in [-0.3, -0.25) is 4.79 Å². The predicted octanol–water partition coefficient (Wildman–Crippen LogP) is 2.21. The van der Waals surface area contributed by atoms with Crippen LogP contribution in [0.2, 0.25) is 0 Å². The highest BCUT2D eigenvalue weighted by Gasteiger charge is 2.22. The topological polar surface area (TPSA) is 66.5 Å². The summed E-state index contributed by atoms with van der Waals surface area (Å²) in [7, 11) is -3.36. The first-order valence-electron chi connectivity index (χ1n) is 6.76. The van der Waals surface area contributed by atoms with Crippen LogP contribution in [0.15, 0.2) is 24.3 Å². The fourth-order valence-electron chi connectivity index (χ4n) is 1.92. The summed E-state index contributed by atoms with van der Waals surface area (Å²) in [6, 6.07) is 5.39. The van der Waals surface area contributed by atoms with Gasteiger partial charge in [-0.15, -0.1) is 0 Å². The number of sulfonamides is 1. The molecule has 118 valence electrons. The number of carbonyl (C=O) groups is 1. The Balaban J connectivity index is 2.62. The predicted molar refractivity (Wildman–Crippen MR) is 80.9 cm³/mol. The molecule has 1 rings (SSSR count). The highest BCUT2D eigenvalue weighted by Crippen LogP contribution is 2.12. The van der Waals surface area contributed by atoms with Crippen molar-refractivity contribution < 1.29 is 17.6 Å². The molecule has 0 aliphatic carbocycles. The Labute approximate surface area is 125 Å². The molecule has 0 aliphatic heterocycles. The maximum Gasteiger partial charge on any atom is 0.225 e. The van der Waals surface area contributed by atoms with Gasteiger partial charge < -0.3 is 5.32 Å². The van der Waals surface area contributed by atoms with Gasteiger partial charge in [0.05, 0.1) is 6.26 Å². The van der Waals surface area contributed by atoms with E-state index in [1.807, 2.05) is 6.92 Å². The number of nitrogens with zero attached hydrogens (tertiary/aromatic N) is 1. The molecule has 1 aromatic rings. The lowest BCUT2D eigenvalue weighted by molar-refractivity contribution is -0.116. The maximum absolute atomic E-state index is 13.0. The van der Waals surface area contributed by atoms with Gasteiger partial charge in [-0.1, -0.05) is 13.0 Å². The Kier molecular flexibility index (Phi) is 6.29. The smallest absolute Gasteiger partial charge is 0.225 e. The summed E-state index contributed by atoms with van der Waals surface area (Å²) in [5.41, 5.74) is 0.356. The molecule has 0 spiro atoms. The number of hydrogen-bond acceptors (Lipinski definition) is 3. The van der Waals surface area contributed by atoms with E-state index < -0.39 is 15.8 Å². The zero-order chi connectivity index (χ0) is 16.0. The zero-order valence-corrected chi connectivity index (χ0v) is 13.3. The molecule has 1 unspecified atom stereocenters. The van der Waals surface area contributed by atoms with Gasteiger partial charge in [-0.25, -0.2) is 12.8 Å². The third-order valence-electron chi connectivity index (χ3n) is 3.18. The van der Waals surface area contributed by atoms with Crippen molar-refractivity contribution in [3.05, 3.63) is 30.1 Å². The molecule has 1 aromatic carbocycles. The van der Waals surface area contributed by atoms with E-state index in [9.17, 15) is 17.6 Å².